The van der Waals surface area contributed by atoms with E-state index in [1.54, 1.807) is 6.07 Å². The second-order valence-electron chi connectivity index (χ2n) is 8.20. The van der Waals surface area contributed by atoms with Gasteiger partial charge in [-0.3, -0.25) is 14.8 Å². The molecule has 9 heteroatoms. The number of benzene rings is 2. The number of anilines is 2. The molecule has 4 aromatic rings. The number of aromatic nitrogens is 2. The van der Waals surface area contributed by atoms with Crippen molar-refractivity contribution >= 4 is 39.7 Å². The third-order valence-electron chi connectivity index (χ3n) is 5.12. The molecule has 0 saturated carbocycles. The van der Waals surface area contributed by atoms with E-state index in [1.807, 2.05) is 0 Å². The van der Waals surface area contributed by atoms with Gasteiger partial charge in [0.25, 0.3) is 0 Å². The fourth-order valence-corrected chi connectivity index (χ4v) is 3.61. The smallest absolute Gasteiger partial charge is 0.159 e. The van der Waals surface area contributed by atoms with Crippen LogP contribution in [0.5, 0.6) is 11.5 Å². The van der Waals surface area contributed by atoms with Gasteiger partial charge in [0.05, 0.1) is 47.8 Å². The third-order valence-corrected chi connectivity index (χ3v) is 5.38. The summed E-state index contributed by atoms with van der Waals surface area (Å²) in [5, 5.41) is 11.9. The second kappa shape index (κ2) is 13.8. The largest absolute Gasteiger partial charge is 0.494 e. The third kappa shape index (κ3) is 7.82. The van der Waals surface area contributed by atoms with Gasteiger partial charge in [-0.05, 0) is 70.2 Å². The maximum atomic E-state index is 13.4. The minimum Gasteiger partial charge on any atom is -0.494 e. The maximum Gasteiger partial charge on any atom is 0.159 e. The van der Waals surface area contributed by atoms with Gasteiger partial charge in [0.2, 0.25) is 0 Å². The Morgan fingerprint density at radius 2 is 2.15 bits per heavy atom. The summed E-state index contributed by atoms with van der Waals surface area (Å²) in [5.41, 5.74) is -2.12. The van der Waals surface area contributed by atoms with Gasteiger partial charge in [-0.25, -0.2) is 0 Å². The predicted octanol–water partition coefficient (Wildman–Crippen LogP) is 6.41. The summed E-state index contributed by atoms with van der Waals surface area (Å²) in [6.07, 6.45) is -1.07. The number of nitrogens with zero attached hydrogens (tertiary/aromatic N) is 4. The Hall–Kier alpha value is -4.45. The van der Waals surface area contributed by atoms with Crippen LogP contribution in [-0.4, -0.2) is 47.8 Å². The molecule has 0 spiro atoms. The summed E-state index contributed by atoms with van der Waals surface area (Å²) in [4.78, 5) is 21.8. The van der Waals surface area contributed by atoms with E-state index >= 15 is 0 Å². The van der Waals surface area contributed by atoms with Crippen molar-refractivity contribution in [2.24, 2.45) is 0 Å². The lowest BCUT2D eigenvalue weighted by Gasteiger charge is -2.16. The molecule has 0 unspecified atom stereocenters. The van der Waals surface area contributed by atoms with Crippen molar-refractivity contribution in [2.45, 2.75) is 26.9 Å². The highest BCUT2D eigenvalue weighted by molar-refractivity contribution is 6.32. The van der Waals surface area contributed by atoms with Gasteiger partial charge in [-0.1, -0.05) is 23.7 Å². The number of halogens is 1. The quantitative estimate of drug-likeness (QED) is 0.191. The fraction of sp³-hybridized carbons (Fsp3) is 0.250. The van der Waals surface area contributed by atoms with Crippen LogP contribution in [-0.2, 0) is 17.8 Å². The summed E-state index contributed by atoms with van der Waals surface area (Å²) < 4.78 is 135. The molecular formula is C32H32ClN5O3. The lowest BCUT2D eigenvalue weighted by Crippen LogP contribution is -2.11. The molecule has 0 atom stereocenters. The van der Waals surface area contributed by atoms with Crippen molar-refractivity contribution in [1.82, 2.24) is 14.9 Å². The van der Waals surface area contributed by atoms with Crippen LogP contribution in [0.25, 0.3) is 10.9 Å². The zero-order valence-corrected chi connectivity index (χ0v) is 22.8. The van der Waals surface area contributed by atoms with Gasteiger partial charge in [0.15, 0.2) is 5.78 Å². The van der Waals surface area contributed by atoms with Crippen molar-refractivity contribution in [2.75, 3.05) is 32.4 Å². The molecule has 0 aliphatic carbocycles. The number of ketones is 1. The molecule has 2 heterocycles. The van der Waals surface area contributed by atoms with Gasteiger partial charge in [0.1, 0.15) is 24.2 Å². The average Bonchev–Trinajstić information content (AvgIpc) is 3.12. The monoisotopic (exact) mass is 584 g/mol. The average molecular weight is 585 g/mol. The standard InChI is InChI=1S/C32H32ClN5O3/c1-5-40-31-17-29-27(15-22(31)14-26(39)10-7-13-38(3)4)32(23(18-34)19-35-29)37-24-11-12-30(28(33)16-24)41-20-25-9-6-8-21(2)36-25/h6-12,15-17,19H,5,13-14,20H2,1-4H3,(H,35,37)/b10-7+/i3D3,6D,8D,9D,10D,11D,12D,13D2,15D,16D,17D,19D. The lowest BCUT2D eigenvalue weighted by molar-refractivity contribution is -0.114. The molecule has 41 heavy (non-hydrogen) atoms. The zero-order chi connectivity index (χ0) is 42.4. The molecule has 0 radical (unpaired) electrons. The molecule has 2 aromatic carbocycles. The van der Waals surface area contributed by atoms with Crippen molar-refractivity contribution < 1.29 is 34.8 Å². The van der Waals surface area contributed by atoms with Crippen LogP contribution in [0, 0.1) is 18.3 Å². The number of carbonyl (C=O) groups is 1. The number of ether oxygens (including phenoxy) is 2. The molecule has 0 amide bonds. The highest BCUT2D eigenvalue weighted by Crippen LogP contribution is 2.36. The highest BCUT2D eigenvalue weighted by atomic mass is 35.5. The molecular weight excluding hydrogens is 538 g/mol. The first kappa shape index (κ1) is 15.5. The van der Waals surface area contributed by atoms with Gasteiger partial charge >= 0.3 is 0 Å². The molecule has 0 saturated heterocycles. The van der Waals surface area contributed by atoms with Gasteiger partial charge in [-0.2, -0.15) is 5.26 Å². The van der Waals surface area contributed by atoms with Crippen LogP contribution in [0.4, 0.5) is 11.4 Å². The summed E-state index contributed by atoms with van der Waals surface area (Å²) in [6, 6.07) is -3.50. The highest BCUT2D eigenvalue weighted by Gasteiger charge is 2.16. The first-order valence-electron chi connectivity index (χ1n) is 19.5. The molecule has 8 nitrogen and oxygen atoms in total. The number of likely N-dealkylation sites (N-methyl/N-ethyl adjacent to an activating group) is 1. The number of pyridine rings is 2. The van der Waals surface area contributed by atoms with E-state index in [-0.39, 0.29) is 46.3 Å². The van der Waals surface area contributed by atoms with E-state index in [2.05, 4.69) is 15.3 Å². The molecule has 0 bridgehead atoms. The van der Waals surface area contributed by atoms with E-state index in [1.165, 1.54) is 13.8 Å². The molecule has 0 aliphatic rings. The van der Waals surface area contributed by atoms with Crippen LogP contribution < -0.4 is 14.8 Å². The van der Waals surface area contributed by atoms with Crippen LogP contribution in [0.1, 0.15) is 50.0 Å². The molecule has 4 rings (SSSR count). The minimum absolute atomic E-state index is 0.0753. The number of carbonyl (C=O) groups excluding carboxylic acids is 1. The Labute approximate surface area is 266 Å². The second-order valence-corrected chi connectivity index (χ2v) is 8.58. The lowest BCUT2D eigenvalue weighted by atomic mass is 10.0. The van der Waals surface area contributed by atoms with E-state index in [9.17, 15) is 10.1 Å². The molecule has 0 aliphatic heterocycles. The molecule has 0 fully saturated rings. The minimum atomic E-state index is -2.93. The van der Waals surface area contributed by atoms with Crippen LogP contribution >= 0.6 is 11.6 Å². The Morgan fingerprint density at radius 3 is 2.93 bits per heavy atom. The number of aryl methyl sites for hydroxylation is 1. The Bertz CT molecular complexity index is 2320. The number of nitrogens with one attached hydrogen (secondary N) is 1. The molecule has 1 N–H and O–H groups in total. The maximum absolute atomic E-state index is 13.4. The zero-order valence-electron chi connectivity index (χ0n) is 37.1. The Kier molecular flexibility index (Phi) is 5.21. The van der Waals surface area contributed by atoms with Gasteiger partial charge < -0.3 is 19.7 Å². The number of fused-ring (bicyclic) bond motifs is 1. The van der Waals surface area contributed by atoms with E-state index in [0.29, 0.717) is 11.0 Å². The first-order chi connectivity index (χ1) is 25.9. The number of nitriles is 1. The van der Waals surface area contributed by atoms with Crippen molar-refractivity contribution in [3.05, 3.63) is 94.2 Å². The summed E-state index contributed by atoms with van der Waals surface area (Å²) in [7, 11) is 0.934. The fourth-order valence-electron chi connectivity index (χ4n) is 3.41. The SMILES string of the molecule is [2H]/C(=C\C([2H])([2H])N(C)C([2H])([2H])[2H])C(=O)Cc1c(OCC)c([2H])c2nc([2H])c(C#N)c(Nc3c([2H])c([2H])c(OCc4nc(C)c([2H])c([2H])c4[2H])c(Cl)c3[2H])c2c1[2H]. The van der Waals surface area contributed by atoms with E-state index in [4.69, 9.17) is 41.6 Å². The van der Waals surface area contributed by atoms with E-state index < -0.39 is 115 Å². The number of hydrogen-bond acceptors (Lipinski definition) is 8. The first-order valence-corrected chi connectivity index (χ1v) is 12.4. The van der Waals surface area contributed by atoms with Crippen molar-refractivity contribution in [3.8, 4) is 17.6 Å². The summed E-state index contributed by atoms with van der Waals surface area (Å²) in [5.74, 6) is -1.94. The summed E-state index contributed by atoms with van der Waals surface area (Å²) >= 11 is 6.46. The van der Waals surface area contributed by atoms with Crippen molar-refractivity contribution in [3.63, 3.8) is 0 Å². The normalized spacial score (nSPS) is 17.3. The topological polar surface area (TPSA) is 100 Å². The summed E-state index contributed by atoms with van der Waals surface area (Å²) in [6.45, 7) is -3.34. The Morgan fingerprint density at radius 1 is 1.29 bits per heavy atom. The van der Waals surface area contributed by atoms with Gasteiger partial charge in [0, 0.05) is 54.3 Å². The van der Waals surface area contributed by atoms with Gasteiger partial charge in [-0.15, -0.1) is 0 Å². The van der Waals surface area contributed by atoms with Crippen molar-refractivity contribution in [1.29, 1.82) is 5.26 Å². The molecule has 2 aromatic heterocycles. The van der Waals surface area contributed by atoms with E-state index in [0.717, 1.165) is 7.05 Å². The number of allylic oxidation sites excluding steroid dienone is 1. The van der Waals surface area contributed by atoms with Crippen LogP contribution in [0.15, 0.2) is 66.6 Å². The number of rotatable bonds is 12. The number of hydrogen-bond donors (Lipinski definition) is 1. The predicted molar refractivity (Wildman–Crippen MR) is 162 cm³/mol. The Balaban J connectivity index is 1.89. The molecule has 210 valence electrons. The van der Waals surface area contributed by atoms with Crippen LogP contribution in [0.3, 0.4) is 0 Å². The van der Waals surface area contributed by atoms with Crippen LogP contribution in [0.2, 0.25) is 5.02 Å².